The van der Waals surface area contributed by atoms with Gasteiger partial charge in [-0.05, 0) is 115 Å². The summed E-state index contributed by atoms with van der Waals surface area (Å²) in [5.74, 6) is 1.11. The van der Waals surface area contributed by atoms with E-state index in [9.17, 15) is 10.2 Å². The number of hydrogen-bond acceptors (Lipinski definition) is 2. The van der Waals surface area contributed by atoms with Gasteiger partial charge in [0.25, 0.3) is 0 Å². The van der Waals surface area contributed by atoms with Crippen LogP contribution in [0.1, 0.15) is 108 Å². The van der Waals surface area contributed by atoms with Crippen LogP contribution in [0.2, 0.25) is 0 Å². The van der Waals surface area contributed by atoms with Gasteiger partial charge in [0.2, 0.25) is 0 Å². The second-order valence-corrected chi connectivity index (χ2v) is 18.6. The molecule has 2 heteroatoms. The summed E-state index contributed by atoms with van der Waals surface area (Å²) in [4.78, 5) is 0. The van der Waals surface area contributed by atoms with Crippen LogP contribution >= 0.6 is 0 Å². The van der Waals surface area contributed by atoms with E-state index in [0.717, 1.165) is 25.7 Å². The first-order chi connectivity index (χ1) is 31.7. The zero-order chi connectivity index (χ0) is 43.1. The van der Waals surface area contributed by atoms with Crippen LogP contribution in [-0.4, -0.2) is 23.4 Å². The molecule has 64 heavy (non-hydrogen) atoms. The lowest BCUT2D eigenvalue weighted by Gasteiger charge is -2.32. The molecule has 0 heterocycles. The van der Waals surface area contributed by atoms with Crippen molar-refractivity contribution in [1.29, 1.82) is 0 Å². The minimum atomic E-state index is -0.356. The lowest BCUT2D eigenvalue weighted by atomic mass is 9.72. The van der Waals surface area contributed by atoms with E-state index in [4.69, 9.17) is 0 Å². The van der Waals surface area contributed by atoms with Crippen molar-refractivity contribution < 1.29 is 10.2 Å². The molecule has 0 aromatic heterocycles. The fourth-order valence-corrected chi connectivity index (χ4v) is 12.6. The molecule has 0 spiro atoms. The summed E-state index contributed by atoms with van der Waals surface area (Å²) in [5.41, 5.74) is 21.1. The summed E-state index contributed by atoms with van der Waals surface area (Å²) in [6.45, 7) is 0.218. The third-order valence-corrected chi connectivity index (χ3v) is 15.5. The Hall–Kier alpha value is -6.32. The summed E-state index contributed by atoms with van der Waals surface area (Å²) < 4.78 is 0. The fraction of sp³-hybridized carbons (Fsp3) is 0.226. The molecular weight excluding hydrogens is 777 g/mol. The van der Waals surface area contributed by atoms with Gasteiger partial charge in [-0.2, -0.15) is 0 Å². The van der Waals surface area contributed by atoms with Gasteiger partial charge < -0.3 is 10.2 Å². The fourth-order valence-electron chi connectivity index (χ4n) is 12.6. The molecule has 0 unspecified atom stereocenters. The van der Waals surface area contributed by atoms with Crippen molar-refractivity contribution in [2.75, 3.05) is 13.2 Å². The molecule has 0 amide bonds. The van der Waals surface area contributed by atoms with Gasteiger partial charge in [-0.3, -0.25) is 0 Å². The first-order valence-electron chi connectivity index (χ1n) is 23.6. The maximum atomic E-state index is 10.7. The van der Waals surface area contributed by atoms with Crippen LogP contribution < -0.4 is 0 Å². The third-order valence-electron chi connectivity index (χ3n) is 15.5. The van der Waals surface area contributed by atoms with Crippen LogP contribution in [0.5, 0.6) is 0 Å². The van der Waals surface area contributed by atoms with Crippen molar-refractivity contribution in [3.8, 4) is 44.5 Å². The molecule has 0 radical (unpaired) electrons. The molecular formula is C62H56O2. The molecule has 0 fully saturated rings. The van der Waals surface area contributed by atoms with Crippen LogP contribution in [0.15, 0.2) is 194 Å². The van der Waals surface area contributed by atoms with Crippen LogP contribution in [-0.2, 0) is 10.8 Å². The monoisotopic (exact) mass is 832 g/mol. The Bertz CT molecular complexity index is 2590. The molecule has 316 valence electrons. The molecule has 0 atom stereocenters. The molecule has 4 aliphatic carbocycles. The van der Waals surface area contributed by atoms with Crippen molar-refractivity contribution >= 4 is 0 Å². The van der Waals surface area contributed by atoms with E-state index < -0.39 is 0 Å². The predicted octanol–water partition coefficient (Wildman–Crippen LogP) is 14.6. The Morgan fingerprint density at radius 2 is 0.516 bits per heavy atom. The van der Waals surface area contributed by atoms with Crippen LogP contribution in [0.3, 0.4) is 0 Å². The van der Waals surface area contributed by atoms with E-state index in [1.165, 1.54) is 115 Å². The Labute approximate surface area is 379 Å². The molecule has 0 bridgehead atoms. The Kier molecular flexibility index (Phi) is 10.7. The lowest BCUT2D eigenvalue weighted by molar-refractivity contribution is 0.199. The summed E-state index contributed by atoms with van der Waals surface area (Å²) in [7, 11) is 0. The minimum Gasteiger partial charge on any atom is -0.395 e. The topological polar surface area (TPSA) is 40.5 Å². The molecule has 4 aliphatic rings. The van der Waals surface area contributed by atoms with Gasteiger partial charge in [0.1, 0.15) is 0 Å². The van der Waals surface area contributed by atoms with E-state index in [-0.39, 0.29) is 24.0 Å². The van der Waals surface area contributed by atoms with E-state index in [1.807, 2.05) is 0 Å². The van der Waals surface area contributed by atoms with Gasteiger partial charge in [0.05, 0.1) is 13.2 Å². The SMILES string of the molecule is OCC1(CCCCC2(CO)c3ccccc3-c3ccccc32)c2ccccc2-c2ccccc21.c1ccc2c(c1)-c1ccccc1C2CCCCC1c2ccccc2-c2ccccc21. The summed E-state index contributed by atoms with van der Waals surface area (Å²) in [5, 5.41) is 21.5. The van der Waals surface area contributed by atoms with Gasteiger partial charge in [-0.1, -0.05) is 220 Å². The van der Waals surface area contributed by atoms with Crippen molar-refractivity contribution in [1.82, 2.24) is 0 Å². The standard InChI is InChI=1S/C32H30O2.C30H26/c33-21-31(27-15-5-1-11-23(27)24-12-2-6-16-28(24)31)19-9-10-20-32(22-34)29-17-7-3-13-25(29)26-14-4-8-18-30(26)32;1-5-15-25-21(11-1)22-12-2-6-16-26(22)29(25)19-9-10-20-30-27-17-7-3-13-23(27)24-14-4-8-18-28(24)30/h1-8,11-18,33-34H,9-10,19-22H2;1-8,11-18,29-30H,9-10,19-20H2. The van der Waals surface area contributed by atoms with E-state index in [0.29, 0.717) is 11.8 Å². The summed E-state index contributed by atoms with van der Waals surface area (Å²) in [6.07, 6.45) is 8.77. The van der Waals surface area contributed by atoms with Crippen LogP contribution in [0, 0.1) is 0 Å². The van der Waals surface area contributed by atoms with Gasteiger partial charge >= 0.3 is 0 Å². The number of aliphatic hydroxyl groups is 2. The number of rotatable bonds is 12. The van der Waals surface area contributed by atoms with E-state index in [1.54, 1.807) is 0 Å². The molecule has 0 saturated heterocycles. The van der Waals surface area contributed by atoms with Crippen LogP contribution in [0.4, 0.5) is 0 Å². The normalized spacial score (nSPS) is 15.2. The predicted molar refractivity (Wildman–Crippen MR) is 264 cm³/mol. The first-order valence-corrected chi connectivity index (χ1v) is 23.6. The molecule has 0 aliphatic heterocycles. The molecule has 2 nitrogen and oxygen atoms in total. The molecule has 2 N–H and O–H groups in total. The summed E-state index contributed by atoms with van der Waals surface area (Å²) >= 11 is 0. The second kappa shape index (κ2) is 17.0. The van der Waals surface area contributed by atoms with Crippen molar-refractivity contribution in [3.63, 3.8) is 0 Å². The molecule has 8 aromatic rings. The van der Waals surface area contributed by atoms with Gasteiger partial charge in [0, 0.05) is 22.7 Å². The minimum absolute atomic E-state index is 0.109. The zero-order valence-electron chi connectivity index (χ0n) is 36.6. The number of benzene rings is 8. The van der Waals surface area contributed by atoms with Gasteiger partial charge in [-0.15, -0.1) is 0 Å². The Morgan fingerprint density at radius 1 is 0.281 bits per heavy atom. The van der Waals surface area contributed by atoms with Gasteiger partial charge in [-0.25, -0.2) is 0 Å². The molecule has 12 rings (SSSR count). The highest BCUT2D eigenvalue weighted by atomic mass is 16.3. The number of aliphatic hydroxyl groups excluding tert-OH is 2. The first kappa shape index (κ1) is 40.5. The molecule has 8 aromatic carbocycles. The largest absolute Gasteiger partial charge is 0.395 e. The van der Waals surface area contributed by atoms with Crippen molar-refractivity contribution in [2.24, 2.45) is 0 Å². The average molecular weight is 833 g/mol. The van der Waals surface area contributed by atoms with Gasteiger partial charge in [0.15, 0.2) is 0 Å². The average Bonchev–Trinajstić information content (AvgIpc) is 4.05. The maximum Gasteiger partial charge on any atom is 0.0569 e. The summed E-state index contributed by atoms with van der Waals surface area (Å²) in [6, 6.07) is 70.1. The van der Waals surface area contributed by atoms with E-state index >= 15 is 0 Å². The highest BCUT2D eigenvalue weighted by Gasteiger charge is 2.44. The van der Waals surface area contributed by atoms with Crippen molar-refractivity contribution in [3.05, 3.63) is 239 Å². The Morgan fingerprint density at radius 3 is 0.781 bits per heavy atom. The van der Waals surface area contributed by atoms with Crippen molar-refractivity contribution in [2.45, 2.75) is 74.0 Å². The number of unbranched alkanes of at least 4 members (excludes halogenated alkanes) is 2. The highest BCUT2D eigenvalue weighted by molar-refractivity contribution is 5.83. The highest BCUT2D eigenvalue weighted by Crippen LogP contribution is 2.54. The second-order valence-electron chi connectivity index (χ2n) is 18.6. The molecule has 0 saturated carbocycles. The third kappa shape index (κ3) is 6.53. The quantitative estimate of drug-likeness (QED) is 0.120. The lowest BCUT2D eigenvalue weighted by Crippen LogP contribution is -2.31. The number of hydrogen-bond donors (Lipinski definition) is 2. The van der Waals surface area contributed by atoms with E-state index in [2.05, 4.69) is 194 Å². The van der Waals surface area contributed by atoms with Crippen LogP contribution in [0.25, 0.3) is 44.5 Å². The Balaban J connectivity index is 0.000000144. The zero-order valence-corrected chi connectivity index (χ0v) is 36.6. The smallest absolute Gasteiger partial charge is 0.0569 e. The number of fused-ring (bicyclic) bond motifs is 12. The maximum absolute atomic E-state index is 10.7.